The van der Waals surface area contributed by atoms with E-state index >= 15 is 0 Å². The SMILES string of the molecule is O=C(O)CSc1nc(=O)ccn1-c1ccc(I)cc1. The number of halogens is 1. The second-order valence-electron chi connectivity index (χ2n) is 3.58. The lowest BCUT2D eigenvalue weighted by Gasteiger charge is -2.10. The molecule has 1 aromatic carbocycles. The molecule has 1 aromatic heterocycles. The summed E-state index contributed by atoms with van der Waals surface area (Å²) in [4.78, 5) is 25.7. The number of carboxylic acids is 1. The van der Waals surface area contributed by atoms with Crippen molar-refractivity contribution in [3.63, 3.8) is 0 Å². The summed E-state index contributed by atoms with van der Waals surface area (Å²) in [6, 6.07) is 8.99. The first-order valence-electron chi connectivity index (χ1n) is 5.26. The molecule has 0 saturated carbocycles. The van der Waals surface area contributed by atoms with Crippen LogP contribution in [0, 0.1) is 3.57 Å². The van der Waals surface area contributed by atoms with Crippen LogP contribution in [0.25, 0.3) is 5.69 Å². The Kier molecular flexibility index (Phi) is 4.59. The monoisotopic (exact) mass is 388 g/mol. The van der Waals surface area contributed by atoms with Crippen LogP contribution in [0.3, 0.4) is 0 Å². The minimum Gasteiger partial charge on any atom is -0.481 e. The Bertz CT molecular complexity index is 655. The molecule has 0 spiro atoms. The van der Waals surface area contributed by atoms with Gasteiger partial charge in [-0.15, -0.1) is 0 Å². The van der Waals surface area contributed by atoms with E-state index in [1.807, 2.05) is 24.3 Å². The normalized spacial score (nSPS) is 10.4. The molecule has 0 aliphatic heterocycles. The topological polar surface area (TPSA) is 72.2 Å². The van der Waals surface area contributed by atoms with Crippen molar-refractivity contribution in [2.24, 2.45) is 0 Å². The van der Waals surface area contributed by atoms with E-state index in [0.29, 0.717) is 5.16 Å². The average Bonchev–Trinajstić information content (AvgIpc) is 2.38. The third-order valence-corrected chi connectivity index (χ3v) is 3.86. The van der Waals surface area contributed by atoms with Crippen LogP contribution in [-0.4, -0.2) is 26.4 Å². The lowest BCUT2D eigenvalue weighted by Crippen LogP contribution is -2.13. The lowest BCUT2D eigenvalue weighted by molar-refractivity contribution is -0.133. The van der Waals surface area contributed by atoms with Gasteiger partial charge in [0.05, 0.1) is 5.75 Å². The number of carbonyl (C=O) groups is 1. The van der Waals surface area contributed by atoms with Crippen LogP contribution in [0.15, 0.2) is 46.5 Å². The molecule has 1 heterocycles. The van der Waals surface area contributed by atoms with Crippen LogP contribution in [-0.2, 0) is 4.79 Å². The van der Waals surface area contributed by atoms with Crippen LogP contribution in [0.4, 0.5) is 0 Å². The lowest BCUT2D eigenvalue weighted by atomic mass is 10.3. The van der Waals surface area contributed by atoms with Crippen LogP contribution >= 0.6 is 34.4 Å². The Hall–Kier alpha value is -1.35. The second kappa shape index (κ2) is 6.20. The van der Waals surface area contributed by atoms with Gasteiger partial charge in [0.1, 0.15) is 0 Å². The molecule has 19 heavy (non-hydrogen) atoms. The molecule has 5 nitrogen and oxygen atoms in total. The van der Waals surface area contributed by atoms with Gasteiger partial charge in [-0.3, -0.25) is 14.2 Å². The Labute approximate surface area is 126 Å². The zero-order valence-corrected chi connectivity index (χ0v) is 12.6. The predicted octanol–water partition coefficient (Wildman–Crippen LogP) is 2.01. The van der Waals surface area contributed by atoms with Gasteiger partial charge in [-0.1, -0.05) is 11.8 Å². The molecule has 0 aliphatic carbocycles. The number of benzene rings is 1. The third-order valence-electron chi connectivity index (χ3n) is 2.21. The number of aromatic nitrogens is 2. The van der Waals surface area contributed by atoms with Crippen LogP contribution in [0.1, 0.15) is 0 Å². The molecule has 0 aliphatic rings. The highest BCUT2D eigenvalue weighted by molar-refractivity contribution is 14.1. The minimum absolute atomic E-state index is 0.138. The number of thioether (sulfide) groups is 1. The van der Waals surface area contributed by atoms with E-state index in [9.17, 15) is 9.59 Å². The molecular weight excluding hydrogens is 379 g/mol. The molecule has 0 fully saturated rings. The first-order chi connectivity index (χ1) is 9.06. The molecule has 0 atom stereocenters. The summed E-state index contributed by atoms with van der Waals surface area (Å²) < 4.78 is 2.79. The molecule has 0 amide bonds. The van der Waals surface area contributed by atoms with Gasteiger partial charge < -0.3 is 5.11 Å². The van der Waals surface area contributed by atoms with Crippen molar-refractivity contribution in [1.82, 2.24) is 9.55 Å². The largest absolute Gasteiger partial charge is 0.481 e. The van der Waals surface area contributed by atoms with Crippen LogP contribution in [0.5, 0.6) is 0 Å². The fraction of sp³-hybridized carbons (Fsp3) is 0.0833. The smallest absolute Gasteiger partial charge is 0.313 e. The van der Waals surface area contributed by atoms with E-state index in [2.05, 4.69) is 27.6 Å². The van der Waals surface area contributed by atoms with Gasteiger partial charge in [0, 0.05) is 21.5 Å². The highest BCUT2D eigenvalue weighted by Gasteiger charge is 2.08. The van der Waals surface area contributed by atoms with Gasteiger partial charge >= 0.3 is 5.97 Å². The fourth-order valence-corrected chi connectivity index (χ4v) is 2.49. The molecule has 98 valence electrons. The highest BCUT2D eigenvalue weighted by Crippen LogP contribution is 2.19. The van der Waals surface area contributed by atoms with Gasteiger partial charge in [0.2, 0.25) is 0 Å². The number of carboxylic acid groups (broad SMARTS) is 1. The Balaban J connectivity index is 2.41. The summed E-state index contributed by atoms with van der Waals surface area (Å²) in [5, 5.41) is 9.08. The maximum Gasteiger partial charge on any atom is 0.313 e. The number of rotatable bonds is 4. The first kappa shape index (κ1) is 14.1. The predicted molar refractivity (Wildman–Crippen MR) is 80.9 cm³/mol. The summed E-state index contributed by atoms with van der Waals surface area (Å²) in [7, 11) is 0. The maximum absolute atomic E-state index is 11.3. The number of nitrogens with zero attached hydrogens (tertiary/aromatic N) is 2. The Morgan fingerprint density at radius 1 is 1.32 bits per heavy atom. The molecular formula is C12H9IN2O3S. The summed E-state index contributed by atoms with van der Waals surface area (Å²) in [5.41, 5.74) is 0.454. The molecule has 7 heteroatoms. The van der Waals surface area contributed by atoms with Crippen molar-refractivity contribution >= 4 is 40.3 Å². The van der Waals surface area contributed by atoms with Crippen molar-refractivity contribution in [1.29, 1.82) is 0 Å². The van der Waals surface area contributed by atoms with E-state index in [4.69, 9.17) is 5.11 Å². The molecule has 2 rings (SSSR count). The highest BCUT2D eigenvalue weighted by atomic mass is 127. The molecule has 0 radical (unpaired) electrons. The number of hydrogen-bond donors (Lipinski definition) is 1. The zero-order chi connectivity index (χ0) is 13.8. The van der Waals surface area contributed by atoms with Gasteiger partial charge in [-0.25, -0.2) is 0 Å². The first-order valence-corrected chi connectivity index (χ1v) is 7.33. The molecule has 0 saturated heterocycles. The van der Waals surface area contributed by atoms with Crippen LogP contribution in [0.2, 0.25) is 0 Å². The average molecular weight is 388 g/mol. The third kappa shape index (κ3) is 3.80. The summed E-state index contributed by atoms with van der Waals surface area (Å²) in [6.07, 6.45) is 1.60. The van der Waals surface area contributed by atoms with Crippen molar-refractivity contribution in [3.8, 4) is 5.69 Å². The summed E-state index contributed by atoms with van der Waals surface area (Å²) in [5.74, 6) is -1.09. The van der Waals surface area contributed by atoms with Gasteiger partial charge in [0.25, 0.3) is 5.56 Å². The van der Waals surface area contributed by atoms with Gasteiger partial charge in [-0.2, -0.15) is 4.98 Å². The van der Waals surface area contributed by atoms with Crippen molar-refractivity contribution in [3.05, 3.63) is 50.5 Å². The molecule has 2 aromatic rings. The molecule has 0 bridgehead atoms. The van der Waals surface area contributed by atoms with Crippen molar-refractivity contribution < 1.29 is 9.90 Å². The summed E-state index contributed by atoms with van der Waals surface area (Å²) >= 11 is 3.22. The minimum atomic E-state index is -0.947. The van der Waals surface area contributed by atoms with E-state index < -0.39 is 5.97 Å². The van der Waals surface area contributed by atoms with E-state index in [1.54, 1.807) is 10.8 Å². The van der Waals surface area contributed by atoms with Gasteiger partial charge in [0.15, 0.2) is 5.16 Å². The van der Waals surface area contributed by atoms with Crippen molar-refractivity contribution in [2.45, 2.75) is 5.16 Å². The quantitative estimate of drug-likeness (QED) is 0.493. The van der Waals surface area contributed by atoms with E-state index in [0.717, 1.165) is 21.0 Å². The fourth-order valence-electron chi connectivity index (χ4n) is 1.41. The maximum atomic E-state index is 11.3. The Morgan fingerprint density at radius 2 is 2.00 bits per heavy atom. The van der Waals surface area contributed by atoms with Gasteiger partial charge in [-0.05, 0) is 46.9 Å². The Morgan fingerprint density at radius 3 is 2.63 bits per heavy atom. The molecule has 0 unspecified atom stereocenters. The van der Waals surface area contributed by atoms with E-state index in [-0.39, 0.29) is 11.3 Å². The second-order valence-corrected chi connectivity index (χ2v) is 5.77. The molecule has 1 N–H and O–H groups in total. The summed E-state index contributed by atoms with van der Waals surface area (Å²) in [6.45, 7) is 0. The van der Waals surface area contributed by atoms with Crippen molar-refractivity contribution in [2.75, 3.05) is 5.75 Å². The standard InChI is InChI=1S/C12H9IN2O3S/c13-8-1-3-9(4-2-8)15-6-5-10(16)14-12(15)19-7-11(17)18/h1-6H,7H2,(H,17,18). The van der Waals surface area contributed by atoms with E-state index in [1.165, 1.54) is 6.07 Å². The zero-order valence-electron chi connectivity index (χ0n) is 9.62. The van der Waals surface area contributed by atoms with Crippen LogP contribution < -0.4 is 5.56 Å². The number of hydrogen-bond acceptors (Lipinski definition) is 4. The number of aliphatic carboxylic acids is 1.